The molecular weight excluding hydrogens is 250 g/mol. The summed E-state index contributed by atoms with van der Waals surface area (Å²) in [6.07, 6.45) is 0. The van der Waals surface area contributed by atoms with Gasteiger partial charge in [0, 0.05) is 18.8 Å². The highest BCUT2D eigenvalue weighted by atomic mass is 32.2. The molecule has 1 rings (SSSR count). The number of hydrogen-bond acceptors (Lipinski definition) is 3. The van der Waals surface area contributed by atoms with E-state index < -0.39 is 15.6 Å². The molecule has 0 saturated heterocycles. The van der Waals surface area contributed by atoms with E-state index in [-0.39, 0.29) is 11.7 Å². The van der Waals surface area contributed by atoms with Crippen LogP contribution in [0.25, 0.3) is 0 Å². The van der Waals surface area contributed by atoms with Gasteiger partial charge in [0.25, 0.3) is 0 Å². The van der Waals surface area contributed by atoms with Gasteiger partial charge in [-0.3, -0.25) is 4.79 Å². The monoisotopic (exact) mass is 269 g/mol. The van der Waals surface area contributed by atoms with Crippen LogP contribution in [0, 0.1) is 0 Å². The molecule has 0 heterocycles. The summed E-state index contributed by atoms with van der Waals surface area (Å²) in [6, 6.07) is 9.55. The van der Waals surface area contributed by atoms with Crippen LogP contribution < -0.4 is 0 Å². The normalized spacial score (nSPS) is 11.2. The highest BCUT2D eigenvalue weighted by Crippen LogP contribution is 2.05. The van der Waals surface area contributed by atoms with Crippen LogP contribution in [0.4, 0.5) is 0 Å². The fourth-order valence-corrected chi connectivity index (χ4v) is 2.32. The van der Waals surface area contributed by atoms with Gasteiger partial charge in [0.05, 0.1) is 0 Å². The van der Waals surface area contributed by atoms with Crippen molar-refractivity contribution in [2.24, 2.45) is 0 Å². The van der Waals surface area contributed by atoms with Gasteiger partial charge < -0.3 is 4.90 Å². The summed E-state index contributed by atoms with van der Waals surface area (Å²) < 4.78 is 22.9. The third kappa shape index (κ3) is 4.49. The SMILES string of the molecule is CCN(Cc1ccccc1)C(=O)CS(=O)(=O)CC. The zero-order valence-corrected chi connectivity index (χ0v) is 11.6. The van der Waals surface area contributed by atoms with E-state index in [4.69, 9.17) is 0 Å². The second kappa shape index (κ2) is 6.54. The minimum Gasteiger partial charge on any atom is -0.338 e. The summed E-state index contributed by atoms with van der Waals surface area (Å²) in [5.74, 6) is -0.727. The molecule has 5 heteroatoms. The van der Waals surface area contributed by atoms with Crippen molar-refractivity contribution in [2.45, 2.75) is 20.4 Å². The summed E-state index contributed by atoms with van der Waals surface area (Å²) in [6.45, 7) is 4.36. The number of carbonyl (C=O) groups is 1. The molecule has 0 bridgehead atoms. The maximum absolute atomic E-state index is 11.9. The number of nitrogens with zero attached hydrogens (tertiary/aromatic N) is 1. The van der Waals surface area contributed by atoms with Crippen LogP contribution >= 0.6 is 0 Å². The van der Waals surface area contributed by atoms with E-state index in [1.165, 1.54) is 0 Å². The summed E-state index contributed by atoms with van der Waals surface area (Å²) in [7, 11) is -3.26. The molecule has 0 aliphatic rings. The van der Waals surface area contributed by atoms with E-state index in [1.807, 2.05) is 37.3 Å². The minimum atomic E-state index is -3.26. The Hall–Kier alpha value is -1.36. The molecule has 0 N–H and O–H groups in total. The largest absolute Gasteiger partial charge is 0.338 e. The fraction of sp³-hybridized carbons (Fsp3) is 0.462. The third-order valence-electron chi connectivity index (χ3n) is 2.73. The zero-order chi connectivity index (χ0) is 13.6. The highest BCUT2D eigenvalue weighted by molar-refractivity contribution is 7.92. The summed E-state index contributed by atoms with van der Waals surface area (Å²) >= 11 is 0. The van der Waals surface area contributed by atoms with Crippen LogP contribution in [0.1, 0.15) is 19.4 Å². The molecule has 0 fully saturated rings. The Balaban J connectivity index is 2.70. The van der Waals surface area contributed by atoms with Gasteiger partial charge in [-0.25, -0.2) is 8.42 Å². The van der Waals surface area contributed by atoms with Crippen molar-refractivity contribution < 1.29 is 13.2 Å². The van der Waals surface area contributed by atoms with E-state index in [9.17, 15) is 13.2 Å². The molecule has 1 aromatic carbocycles. The Morgan fingerprint density at radius 2 is 1.78 bits per heavy atom. The Bertz CT molecular complexity index is 482. The van der Waals surface area contributed by atoms with Crippen molar-refractivity contribution >= 4 is 15.7 Å². The number of benzene rings is 1. The van der Waals surface area contributed by atoms with Gasteiger partial charge in [-0.05, 0) is 12.5 Å². The average molecular weight is 269 g/mol. The smallest absolute Gasteiger partial charge is 0.238 e. The van der Waals surface area contributed by atoms with E-state index in [1.54, 1.807) is 11.8 Å². The first-order valence-corrected chi connectivity index (χ1v) is 7.82. The molecular formula is C13H19NO3S. The molecule has 1 aromatic rings. The van der Waals surface area contributed by atoms with E-state index in [2.05, 4.69) is 0 Å². The number of amides is 1. The minimum absolute atomic E-state index is 0.00162. The predicted octanol–water partition coefficient (Wildman–Crippen LogP) is 1.47. The molecule has 1 amide bonds. The molecule has 18 heavy (non-hydrogen) atoms. The Labute approximate surface area is 109 Å². The Morgan fingerprint density at radius 3 is 2.28 bits per heavy atom. The number of hydrogen-bond donors (Lipinski definition) is 0. The molecule has 0 aliphatic carbocycles. The van der Waals surface area contributed by atoms with Gasteiger partial charge in [-0.2, -0.15) is 0 Å². The van der Waals surface area contributed by atoms with Crippen LogP contribution in [0.3, 0.4) is 0 Å². The highest BCUT2D eigenvalue weighted by Gasteiger charge is 2.19. The van der Waals surface area contributed by atoms with Crippen molar-refractivity contribution in [3.05, 3.63) is 35.9 Å². The molecule has 0 atom stereocenters. The first-order chi connectivity index (χ1) is 8.48. The van der Waals surface area contributed by atoms with Crippen molar-refractivity contribution in [2.75, 3.05) is 18.1 Å². The van der Waals surface area contributed by atoms with Crippen LogP contribution in [-0.2, 0) is 21.2 Å². The van der Waals surface area contributed by atoms with E-state index >= 15 is 0 Å². The molecule has 0 aliphatic heterocycles. The maximum atomic E-state index is 11.9. The number of rotatable bonds is 6. The molecule has 0 spiro atoms. The maximum Gasteiger partial charge on any atom is 0.238 e. The van der Waals surface area contributed by atoms with Crippen LogP contribution in [0.2, 0.25) is 0 Å². The number of sulfone groups is 1. The summed E-state index contributed by atoms with van der Waals surface area (Å²) in [4.78, 5) is 13.5. The first kappa shape index (κ1) is 14.7. The topological polar surface area (TPSA) is 54.5 Å². The molecule has 0 saturated carbocycles. The third-order valence-corrected chi connectivity index (χ3v) is 4.30. The van der Waals surface area contributed by atoms with Gasteiger partial charge in [-0.15, -0.1) is 0 Å². The average Bonchev–Trinajstić information content (AvgIpc) is 2.36. The Kier molecular flexibility index (Phi) is 5.34. The van der Waals surface area contributed by atoms with Crippen molar-refractivity contribution in [1.82, 2.24) is 4.90 Å². The number of carbonyl (C=O) groups excluding carboxylic acids is 1. The van der Waals surface area contributed by atoms with Crippen molar-refractivity contribution in [3.8, 4) is 0 Å². The van der Waals surface area contributed by atoms with Crippen LogP contribution in [0.5, 0.6) is 0 Å². The zero-order valence-electron chi connectivity index (χ0n) is 10.8. The lowest BCUT2D eigenvalue weighted by Gasteiger charge is -2.20. The Morgan fingerprint density at radius 1 is 1.17 bits per heavy atom. The van der Waals surface area contributed by atoms with Crippen molar-refractivity contribution in [3.63, 3.8) is 0 Å². The van der Waals surface area contributed by atoms with Gasteiger partial charge in [0.2, 0.25) is 5.91 Å². The lowest BCUT2D eigenvalue weighted by molar-refractivity contribution is -0.128. The summed E-state index contributed by atoms with van der Waals surface area (Å²) in [5, 5.41) is 0. The first-order valence-electron chi connectivity index (χ1n) is 6.00. The van der Waals surface area contributed by atoms with Gasteiger partial charge in [-0.1, -0.05) is 37.3 Å². The molecule has 0 radical (unpaired) electrons. The lowest BCUT2D eigenvalue weighted by atomic mass is 10.2. The van der Waals surface area contributed by atoms with E-state index in [0.717, 1.165) is 5.56 Å². The molecule has 0 unspecified atom stereocenters. The molecule has 0 aromatic heterocycles. The fourth-order valence-electron chi connectivity index (χ4n) is 1.56. The quantitative estimate of drug-likeness (QED) is 0.786. The second-order valence-corrected chi connectivity index (χ2v) is 6.42. The second-order valence-electron chi connectivity index (χ2n) is 4.07. The molecule has 100 valence electrons. The lowest BCUT2D eigenvalue weighted by Crippen LogP contribution is -2.35. The predicted molar refractivity (Wildman–Crippen MR) is 71.9 cm³/mol. The summed E-state index contributed by atoms with van der Waals surface area (Å²) in [5.41, 5.74) is 1.00. The van der Waals surface area contributed by atoms with Crippen molar-refractivity contribution in [1.29, 1.82) is 0 Å². The standard InChI is InChI=1S/C13H19NO3S/c1-3-14(10-12-8-6-5-7-9-12)13(15)11-18(16,17)4-2/h5-9H,3-4,10-11H2,1-2H3. The van der Waals surface area contributed by atoms with Crippen LogP contribution in [0.15, 0.2) is 30.3 Å². The molecule has 4 nitrogen and oxygen atoms in total. The van der Waals surface area contributed by atoms with Gasteiger partial charge >= 0.3 is 0 Å². The van der Waals surface area contributed by atoms with Gasteiger partial charge in [0.1, 0.15) is 5.75 Å². The van der Waals surface area contributed by atoms with E-state index in [0.29, 0.717) is 13.1 Å². The van der Waals surface area contributed by atoms with Gasteiger partial charge in [0.15, 0.2) is 9.84 Å². The van der Waals surface area contributed by atoms with Crippen LogP contribution in [-0.4, -0.2) is 37.3 Å².